The number of aromatic nitrogens is 1. The van der Waals surface area contributed by atoms with Gasteiger partial charge >= 0.3 is 5.97 Å². The molecule has 1 aromatic heterocycles. The minimum atomic E-state index is -0.612. The van der Waals surface area contributed by atoms with Gasteiger partial charge in [-0.25, -0.2) is 4.79 Å². The highest BCUT2D eigenvalue weighted by atomic mass is 35.5. The Bertz CT molecular complexity index is 1890. The molecule has 0 bridgehead atoms. The lowest BCUT2D eigenvalue weighted by Crippen LogP contribution is -2.18. The van der Waals surface area contributed by atoms with Gasteiger partial charge in [-0.05, 0) is 93.1 Å². The van der Waals surface area contributed by atoms with Crippen LogP contribution in [0.2, 0.25) is 5.02 Å². The maximum atomic E-state index is 13.7. The summed E-state index contributed by atoms with van der Waals surface area (Å²) in [5.41, 5.74) is 5.65. The van der Waals surface area contributed by atoms with Crippen molar-refractivity contribution < 1.29 is 19.2 Å². The van der Waals surface area contributed by atoms with Crippen molar-refractivity contribution in [2.45, 2.75) is 39.1 Å². The molecule has 0 aliphatic heterocycles. The maximum absolute atomic E-state index is 13.7. The molecule has 0 radical (unpaired) electrons. The molecule has 0 aliphatic rings. The highest BCUT2D eigenvalue weighted by Crippen LogP contribution is 2.32. The van der Waals surface area contributed by atoms with E-state index in [0.717, 1.165) is 37.8 Å². The summed E-state index contributed by atoms with van der Waals surface area (Å²) in [6.07, 6.45) is 0. The van der Waals surface area contributed by atoms with Gasteiger partial charge in [-0.1, -0.05) is 34.5 Å². The number of benzene rings is 4. The van der Waals surface area contributed by atoms with Crippen LogP contribution in [0.1, 0.15) is 51.3 Å². The Morgan fingerprint density at radius 2 is 1.50 bits per heavy atom. The molecule has 8 heteroatoms. The van der Waals surface area contributed by atoms with Gasteiger partial charge in [0.25, 0.3) is 0 Å². The van der Waals surface area contributed by atoms with Crippen LogP contribution in [-0.4, -0.2) is 33.6 Å². The highest BCUT2D eigenvalue weighted by Gasteiger charge is 2.20. The first kappa shape index (κ1) is 29.3. The van der Waals surface area contributed by atoms with Crippen molar-refractivity contribution in [1.82, 2.24) is 4.57 Å². The molecule has 0 N–H and O–H groups in total. The number of hydrogen-bond acceptors (Lipinski definition) is 6. The van der Waals surface area contributed by atoms with Crippen LogP contribution in [0.4, 0.5) is 0 Å². The number of carbonyl (C=O) groups excluding carboxylic acids is 3. The van der Waals surface area contributed by atoms with E-state index in [-0.39, 0.29) is 23.0 Å². The molecule has 0 aliphatic carbocycles. The summed E-state index contributed by atoms with van der Waals surface area (Å²) in [4.78, 5) is 44.5. The first-order valence-corrected chi connectivity index (χ1v) is 14.9. The molecule has 4 aromatic carbocycles. The van der Waals surface area contributed by atoms with Gasteiger partial charge in [-0.3, -0.25) is 9.59 Å². The van der Waals surface area contributed by atoms with Crippen molar-refractivity contribution in [2.24, 2.45) is 5.16 Å². The van der Waals surface area contributed by atoms with Crippen LogP contribution in [0, 0.1) is 13.8 Å². The average molecular weight is 597 g/mol. The van der Waals surface area contributed by atoms with Gasteiger partial charge in [0.05, 0.1) is 0 Å². The second kappa shape index (κ2) is 12.3. The molecule has 0 atom stereocenters. The van der Waals surface area contributed by atoms with Crippen LogP contribution in [0.25, 0.3) is 21.8 Å². The molecule has 0 saturated carbocycles. The fourth-order valence-corrected chi connectivity index (χ4v) is 5.91. The third-order valence-corrected chi connectivity index (χ3v) is 8.35. The molecule has 5 aromatic rings. The van der Waals surface area contributed by atoms with E-state index in [4.69, 9.17) is 16.4 Å². The van der Waals surface area contributed by atoms with Crippen molar-refractivity contribution in [3.8, 4) is 0 Å². The summed E-state index contributed by atoms with van der Waals surface area (Å²) in [6, 6.07) is 24.3. The quantitative estimate of drug-likeness (QED) is 0.0563. The zero-order valence-electron chi connectivity index (χ0n) is 23.7. The average Bonchev–Trinajstić information content (AvgIpc) is 3.30. The minimum absolute atomic E-state index is 0.0437. The summed E-state index contributed by atoms with van der Waals surface area (Å²) in [5.74, 6) is -0.812. The molecular formula is C34H29ClN2O4S. The number of aryl methyl sites for hydroxylation is 3. The molecule has 0 spiro atoms. The number of ketones is 2. The number of thioether (sulfide) groups is 1. The number of halogens is 1. The van der Waals surface area contributed by atoms with E-state index < -0.39 is 5.97 Å². The molecule has 0 unspecified atom stereocenters. The number of Topliss-reactive ketones (excluding diaryl/α,β-unsaturated/α-hetero) is 1. The standard InChI is InChI=1S/C34H29ClN2O4S/c1-5-37-31-14-8-23(33(39)27-16-20(2)6-7-21(27)3)17-28(31)29-18-24(9-15-32(29)37)34(40)30(36-41-22(4)38)19-42-26-12-10-25(35)11-13-26/h6-18H,5,19H2,1-4H3/b36-30+. The van der Waals surface area contributed by atoms with Crippen LogP contribution < -0.4 is 0 Å². The monoisotopic (exact) mass is 596 g/mol. The molecule has 212 valence electrons. The van der Waals surface area contributed by atoms with E-state index in [1.165, 1.54) is 18.7 Å². The molecule has 42 heavy (non-hydrogen) atoms. The molecule has 1 heterocycles. The van der Waals surface area contributed by atoms with E-state index in [1.807, 2.05) is 74.5 Å². The number of nitrogens with zero attached hydrogens (tertiary/aromatic N) is 2. The summed E-state index contributed by atoms with van der Waals surface area (Å²) >= 11 is 7.38. The Kier molecular flexibility index (Phi) is 8.61. The topological polar surface area (TPSA) is 77.7 Å². The van der Waals surface area contributed by atoms with Crippen LogP contribution in [0.3, 0.4) is 0 Å². The molecule has 0 saturated heterocycles. The highest BCUT2D eigenvalue weighted by molar-refractivity contribution is 8.00. The van der Waals surface area contributed by atoms with Crippen molar-refractivity contribution in [2.75, 3.05) is 5.75 Å². The predicted molar refractivity (Wildman–Crippen MR) is 170 cm³/mol. The van der Waals surface area contributed by atoms with Gasteiger partial charge in [-0.2, -0.15) is 0 Å². The lowest BCUT2D eigenvalue weighted by Gasteiger charge is -2.07. The zero-order valence-corrected chi connectivity index (χ0v) is 25.3. The number of rotatable bonds is 9. The van der Waals surface area contributed by atoms with Gasteiger partial charge < -0.3 is 9.40 Å². The lowest BCUT2D eigenvalue weighted by molar-refractivity contribution is -0.140. The Balaban J connectivity index is 1.55. The van der Waals surface area contributed by atoms with E-state index in [9.17, 15) is 14.4 Å². The molecule has 5 rings (SSSR count). The zero-order chi connectivity index (χ0) is 30.0. The Hall–Kier alpha value is -4.20. The Labute approximate surface area is 253 Å². The third-order valence-electron chi connectivity index (χ3n) is 7.08. The van der Waals surface area contributed by atoms with Gasteiger partial charge in [0.2, 0.25) is 5.78 Å². The number of fused-ring (bicyclic) bond motifs is 3. The molecular weight excluding hydrogens is 568 g/mol. The fraction of sp³-hybridized carbons (Fsp3) is 0.176. The molecule has 0 amide bonds. The SMILES string of the molecule is CCn1c2ccc(C(=O)/C(CSc3ccc(Cl)cc3)=N/OC(C)=O)cc2c2cc(C(=O)c3cc(C)ccc3C)ccc21. The predicted octanol–water partition coefficient (Wildman–Crippen LogP) is 8.21. The molecule has 6 nitrogen and oxygen atoms in total. The Morgan fingerprint density at radius 1 is 0.857 bits per heavy atom. The van der Waals surface area contributed by atoms with Crippen LogP contribution in [0.15, 0.2) is 88.9 Å². The summed E-state index contributed by atoms with van der Waals surface area (Å²) in [7, 11) is 0. The van der Waals surface area contributed by atoms with E-state index in [2.05, 4.69) is 16.6 Å². The van der Waals surface area contributed by atoms with Gasteiger partial charge in [0.15, 0.2) is 5.78 Å². The van der Waals surface area contributed by atoms with E-state index >= 15 is 0 Å². The van der Waals surface area contributed by atoms with Gasteiger partial charge in [-0.15, -0.1) is 11.8 Å². The smallest absolute Gasteiger partial charge is 0.331 e. The number of oxime groups is 1. The summed E-state index contributed by atoms with van der Waals surface area (Å²) in [5, 5.41) is 6.25. The lowest BCUT2D eigenvalue weighted by atomic mass is 9.96. The van der Waals surface area contributed by atoms with Crippen LogP contribution in [-0.2, 0) is 16.2 Å². The summed E-state index contributed by atoms with van der Waals surface area (Å²) in [6.45, 7) is 7.92. The van der Waals surface area contributed by atoms with Crippen LogP contribution in [0.5, 0.6) is 0 Å². The maximum Gasteiger partial charge on any atom is 0.331 e. The van der Waals surface area contributed by atoms with Crippen molar-refractivity contribution >= 4 is 68.4 Å². The van der Waals surface area contributed by atoms with E-state index in [0.29, 0.717) is 28.3 Å². The van der Waals surface area contributed by atoms with Crippen molar-refractivity contribution in [3.63, 3.8) is 0 Å². The first-order valence-electron chi connectivity index (χ1n) is 13.5. The third kappa shape index (κ3) is 6.03. The van der Waals surface area contributed by atoms with E-state index in [1.54, 1.807) is 18.2 Å². The normalized spacial score (nSPS) is 11.7. The Morgan fingerprint density at radius 3 is 2.14 bits per heavy atom. The fourth-order valence-electron chi connectivity index (χ4n) is 4.97. The van der Waals surface area contributed by atoms with Crippen molar-refractivity contribution in [1.29, 1.82) is 0 Å². The number of hydrogen-bond donors (Lipinski definition) is 0. The second-order valence-corrected chi connectivity index (χ2v) is 11.5. The first-order chi connectivity index (χ1) is 20.2. The van der Waals surface area contributed by atoms with Gasteiger partial charge in [0.1, 0.15) is 5.71 Å². The van der Waals surface area contributed by atoms with Gasteiger partial charge in [0, 0.05) is 67.6 Å². The second-order valence-electron chi connectivity index (χ2n) is 10.0. The van der Waals surface area contributed by atoms with Crippen molar-refractivity contribution in [3.05, 3.63) is 112 Å². The number of carbonyl (C=O) groups is 3. The minimum Gasteiger partial charge on any atom is -0.341 e. The molecule has 0 fully saturated rings. The van der Waals surface area contributed by atoms with Crippen LogP contribution >= 0.6 is 23.4 Å². The summed E-state index contributed by atoms with van der Waals surface area (Å²) < 4.78 is 2.16. The largest absolute Gasteiger partial charge is 0.341 e.